The average molecular weight is 341 g/mol. The highest BCUT2D eigenvalue weighted by molar-refractivity contribution is 9.11. The number of pyridine rings is 1. The molecule has 0 aliphatic carbocycles. The number of ether oxygens (including phenoxy) is 1. The third kappa shape index (κ3) is 4.04. The van der Waals surface area contributed by atoms with Crippen molar-refractivity contribution in [3.05, 3.63) is 44.8 Å². The molecule has 0 bridgehead atoms. The molecule has 2 aromatic heterocycles. The third-order valence-corrected chi connectivity index (χ3v) is 4.17. The van der Waals surface area contributed by atoms with Gasteiger partial charge < -0.3 is 10.1 Å². The minimum Gasteiger partial charge on any atom is -0.464 e. The second-order valence-corrected chi connectivity index (χ2v) is 6.35. The van der Waals surface area contributed by atoms with Gasteiger partial charge in [-0.2, -0.15) is 0 Å². The fourth-order valence-corrected chi connectivity index (χ4v) is 3.06. The number of hydrogen-bond acceptors (Lipinski definition) is 5. The Labute approximate surface area is 124 Å². The summed E-state index contributed by atoms with van der Waals surface area (Å²) in [6, 6.07) is 7.66. The highest BCUT2D eigenvalue weighted by Crippen LogP contribution is 2.22. The Kier molecular flexibility index (Phi) is 4.93. The van der Waals surface area contributed by atoms with Crippen LogP contribution in [0.5, 0.6) is 0 Å². The zero-order valence-corrected chi connectivity index (χ0v) is 12.8. The summed E-state index contributed by atoms with van der Waals surface area (Å²) in [6.07, 6.45) is 2.53. The van der Waals surface area contributed by atoms with E-state index in [-0.39, 0.29) is 0 Å². The number of methoxy groups -OCH3 is 1. The van der Waals surface area contributed by atoms with Gasteiger partial charge in [0, 0.05) is 23.3 Å². The number of thiophene rings is 1. The summed E-state index contributed by atoms with van der Waals surface area (Å²) < 4.78 is 5.77. The number of rotatable bonds is 5. The van der Waals surface area contributed by atoms with Crippen molar-refractivity contribution in [2.24, 2.45) is 0 Å². The first-order valence-corrected chi connectivity index (χ1v) is 7.32. The van der Waals surface area contributed by atoms with Crippen molar-refractivity contribution in [3.63, 3.8) is 0 Å². The first kappa shape index (κ1) is 14.0. The number of nitrogens with zero attached hydrogens (tertiary/aromatic N) is 1. The highest BCUT2D eigenvalue weighted by Gasteiger charge is 2.07. The van der Waals surface area contributed by atoms with Crippen LogP contribution >= 0.6 is 27.3 Å². The van der Waals surface area contributed by atoms with Gasteiger partial charge >= 0.3 is 5.97 Å². The Morgan fingerprint density at radius 2 is 2.32 bits per heavy atom. The van der Waals surface area contributed by atoms with E-state index in [0.717, 1.165) is 22.4 Å². The Balaban J connectivity index is 1.90. The maximum absolute atomic E-state index is 11.3. The van der Waals surface area contributed by atoms with E-state index in [4.69, 9.17) is 0 Å². The minimum absolute atomic E-state index is 0.311. The Morgan fingerprint density at radius 1 is 1.47 bits per heavy atom. The molecule has 100 valence electrons. The Hall–Kier alpha value is -1.40. The highest BCUT2D eigenvalue weighted by atomic mass is 79.9. The predicted molar refractivity (Wildman–Crippen MR) is 79.8 cm³/mol. The molecule has 0 saturated heterocycles. The molecule has 0 radical (unpaired) electrons. The molecule has 4 nitrogen and oxygen atoms in total. The molecule has 0 aliphatic heterocycles. The van der Waals surface area contributed by atoms with E-state index in [1.807, 2.05) is 12.1 Å². The zero-order chi connectivity index (χ0) is 13.7. The molecule has 0 aliphatic rings. The van der Waals surface area contributed by atoms with Gasteiger partial charge in [0.05, 0.1) is 10.9 Å². The van der Waals surface area contributed by atoms with Crippen molar-refractivity contribution in [1.29, 1.82) is 0 Å². The summed E-state index contributed by atoms with van der Waals surface area (Å²) in [7, 11) is 1.35. The second-order valence-electron chi connectivity index (χ2n) is 3.80. The lowest BCUT2D eigenvalue weighted by Crippen LogP contribution is -2.07. The van der Waals surface area contributed by atoms with Crippen LogP contribution < -0.4 is 5.32 Å². The molecule has 0 amide bonds. The van der Waals surface area contributed by atoms with E-state index in [2.05, 4.69) is 37.0 Å². The molecule has 2 aromatic rings. The van der Waals surface area contributed by atoms with Crippen molar-refractivity contribution in [2.45, 2.75) is 6.42 Å². The monoisotopic (exact) mass is 340 g/mol. The lowest BCUT2D eigenvalue weighted by molar-refractivity contribution is 0.0594. The summed E-state index contributed by atoms with van der Waals surface area (Å²) in [5, 5.41) is 3.27. The van der Waals surface area contributed by atoms with Crippen molar-refractivity contribution in [3.8, 4) is 0 Å². The maximum Gasteiger partial charge on any atom is 0.356 e. The molecule has 0 atom stereocenters. The number of carbonyl (C=O) groups is 1. The largest absolute Gasteiger partial charge is 0.464 e. The standard InChI is InChI=1S/C13H13BrN2O2S/c1-18-13(17)11-8-9(4-6-16-11)15-7-5-10-2-3-12(14)19-10/h2-4,6,8H,5,7H2,1H3,(H,15,16). The van der Waals surface area contributed by atoms with Crippen LogP contribution in [0, 0.1) is 0 Å². The molecule has 0 spiro atoms. The molecule has 1 N–H and O–H groups in total. The second kappa shape index (κ2) is 6.68. The van der Waals surface area contributed by atoms with E-state index < -0.39 is 5.97 Å². The van der Waals surface area contributed by atoms with E-state index in [1.165, 1.54) is 12.0 Å². The quantitative estimate of drug-likeness (QED) is 0.848. The number of nitrogens with one attached hydrogen (secondary N) is 1. The van der Waals surface area contributed by atoms with E-state index in [9.17, 15) is 4.79 Å². The van der Waals surface area contributed by atoms with Gasteiger partial charge in [-0.25, -0.2) is 9.78 Å². The van der Waals surface area contributed by atoms with Gasteiger partial charge in [0.1, 0.15) is 5.69 Å². The SMILES string of the molecule is COC(=O)c1cc(NCCc2ccc(Br)s2)ccn1. The van der Waals surface area contributed by atoms with Gasteiger partial charge in [0.25, 0.3) is 0 Å². The summed E-state index contributed by atoms with van der Waals surface area (Å²) in [6.45, 7) is 0.803. The Bertz CT molecular complexity index is 571. The number of esters is 1. The first-order valence-electron chi connectivity index (χ1n) is 5.71. The molecular weight excluding hydrogens is 328 g/mol. The summed E-state index contributed by atoms with van der Waals surface area (Å²) in [4.78, 5) is 16.6. The molecule has 6 heteroatoms. The van der Waals surface area contributed by atoms with Crippen LogP contribution in [-0.2, 0) is 11.2 Å². The summed E-state index contributed by atoms with van der Waals surface area (Å²) >= 11 is 5.17. The lowest BCUT2D eigenvalue weighted by atomic mass is 10.3. The molecule has 0 fully saturated rings. The average Bonchev–Trinajstić information content (AvgIpc) is 2.84. The molecule has 0 aromatic carbocycles. The predicted octanol–water partition coefficient (Wildman–Crippen LogP) is 3.35. The van der Waals surface area contributed by atoms with Crippen molar-refractivity contribution >= 4 is 38.9 Å². The van der Waals surface area contributed by atoms with Crippen LogP contribution in [0.1, 0.15) is 15.4 Å². The van der Waals surface area contributed by atoms with Crippen LogP contribution in [-0.4, -0.2) is 24.6 Å². The van der Waals surface area contributed by atoms with Crippen LogP contribution in [0.4, 0.5) is 5.69 Å². The molecule has 2 rings (SSSR count). The lowest BCUT2D eigenvalue weighted by Gasteiger charge is -2.06. The van der Waals surface area contributed by atoms with Crippen molar-refractivity contribution in [2.75, 3.05) is 19.0 Å². The first-order chi connectivity index (χ1) is 9.19. The van der Waals surface area contributed by atoms with E-state index in [1.54, 1.807) is 23.6 Å². The minimum atomic E-state index is -0.425. The Morgan fingerprint density at radius 3 is 3.00 bits per heavy atom. The van der Waals surface area contributed by atoms with Crippen LogP contribution in [0.3, 0.4) is 0 Å². The topological polar surface area (TPSA) is 51.2 Å². The van der Waals surface area contributed by atoms with Gasteiger partial charge in [0.15, 0.2) is 0 Å². The van der Waals surface area contributed by atoms with Gasteiger partial charge in [-0.3, -0.25) is 0 Å². The van der Waals surface area contributed by atoms with Crippen LogP contribution in [0.2, 0.25) is 0 Å². The molecule has 19 heavy (non-hydrogen) atoms. The zero-order valence-electron chi connectivity index (χ0n) is 10.4. The third-order valence-electron chi connectivity index (χ3n) is 2.48. The number of aromatic nitrogens is 1. The van der Waals surface area contributed by atoms with Crippen LogP contribution in [0.25, 0.3) is 0 Å². The smallest absolute Gasteiger partial charge is 0.356 e. The van der Waals surface area contributed by atoms with Crippen LogP contribution in [0.15, 0.2) is 34.2 Å². The summed E-state index contributed by atoms with van der Waals surface area (Å²) in [5.41, 5.74) is 1.18. The number of carbonyl (C=O) groups excluding carboxylic acids is 1. The normalized spacial score (nSPS) is 10.2. The van der Waals surface area contributed by atoms with Gasteiger partial charge in [-0.05, 0) is 46.6 Å². The van der Waals surface area contributed by atoms with Gasteiger partial charge in [0.2, 0.25) is 0 Å². The maximum atomic E-state index is 11.3. The van der Waals surface area contributed by atoms with Gasteiger partial charge in [-0.1, -0.05) is 0 Å². The van der Waals surface area contributed by atoms with E-state index in [0.29, 0.717) is 5.69 Å². The fraction of sp³-hybridized carbons (Fsp3) is 0.231. The van der Waals surface area contributed by atoms with Crippen molar-refractivity contribution < 1.29 is 9.53 Å². The number of anilines is 1. The molecular formula is C13H13BrN2O2S. The summed E-state index contributed by atoms with van der Waals surface area (Å²) in [5.74, 6) is -0.425. The number of halogens is 1. The molecule has 2 heterocycles. The van der Waals surface area contributed by atoms with E-state index >= 15 is 0 Å². The number of hydrogen-bond donors (Lipinski definition) is 1. The van der Waals surface area contributed by atoms with Crippen molar-refractivity contribution in [1.82, 2.24) is 4.98 Å². The fourth-order valence-electron chi connectivity index (χ4n) is 1.57. The van der Waals surface area contributed by atoms with Gasteiger partial charge in [-0.15, -0.1) is 11.3 Å². The molecule has 0 saturated carbocycles. The molecule has 0 unspecified atom stereocenters.